The van der Waals surface area contributed by atoms with Gasteiger partial charge in [0.15, 0.2) is 0 Å². The molecule has 0 atom stereocenters. The third-order valence-corrected chi connectivity index (χ3v) is 3.95. The summed E-state index contributed by atoms with van der Waals surface area (Å²) in [6.45, 7) is 3.36. The van der Waals surface area contributed by atoms with Gasteiger partial charge in [0.2, 0.25) is 0 Å². The Kier molecular flexibility index (Phi) is 4.25. The molecule has 5 heteroatoms. The van der Waals surface area contributed by atoms with Crippen LogP contribution >= 0.6 is 27.3 Å². The summed E-state index contributed by atoms with van der Waals surface area (Å²) < 4.78 is 14.0. The SMILES string of the molecule is Cc1cnc(CNCc2cc(F)ccc2Br)s1. The average Bonchev–Trinajstić information content (AvgIpc) is 2.69. The molecule has 1 aromatic carbocycles. The topological polar surface area (TPSA) is 24.9 Å². The number of nitrogens with one attached hydrogen (secondary N) is 1. The zero-order chi connectivity index (χ0) is 12.3. The van der Waals surface area contributed by atoms with Crippen molar-refractivity contribution in [3.05, 3.63) is 50.1 Å². The Balaban J connectivity index is 1.91. The molecule has 0 saturated carbocycles. The zero-order valence-corrected chi connectivity index (χ0v) is 11.7. The van der Waals surface area contributed by atoms with Gasteiger partial charge >= 0.3 is 0 Å². The first-order valence-corrected chi connectivity index (χ1v) is 6.82. The van der Waals surface area contributed by atoms with Crippen LogP contribution in [0.15, 0.2) is 28.9 Å². The van der Waals surface area contributed by atoms with E-state index in [9.17, 15) is 4.39 Å². The first kappa shape index (κ1) is 12.7. The van der Waals surface area contributed by atoms with Gasteiger partial charge in [-0.05, 0) is 30.7 Å². The Morgan fingerprint density at radius 2 is 2.24 bits per heavy atom. The van der Waals surface area contributed by atoms with Gasteiger partial charge in [-0.25, -0.2) is 9.37 Å². The van der Waals surface area contributed by atoms with E-state index in [0.717, 1.165) is 15.0 Å². The predicted octanol–water partition coefficient (Wildman–Crippen LogP) is 3.64. The van der Waals surface area contributed by atoms with E-state index in [4.69, 9.17) is 0 Å². The maximum Gasteiger partial charge on any atom is 0.123 e. The fourth-order valence-electron chi connectivity index (χ4n) is 1.47. The summed E-state index contributed by atoms with van der Waals surface area (Å²) in [5, 5.41) is 4.30. The molecule has 0 radical (unpaired) electrons. The summed E-state index contributed by atoms with van der Waals surface area (Å²) in [5.74, 6) is -0.213. The largest absolute Gasteiger partial charge is 0.306 e. The molecule has 0 aliphatic carbocycles. The molecule has 0 amide bonds. The number of hydrogen-bond acceptors (Lipinski definition) is 3. The number of benzene rings is 1. The van der Waals surface area contributed by atoms with Gasteiger partial charge in [-0.1, -0.05) is 15.9 Å². The third-order valence-electron chi connectivity index (χ3n) is 2.27. The van der Waals surface area contributed by atoms with E-state index >= 15 is 0 Å². The van der Waals surface area contributed by atoms with E-state index in [2.05, 4.69) is 26.2 Å². The smallest absolute Gasteiger partial charge is 0.123 e. The lowest BCUT2D eigenvalue weighted by molar-refractivity contribution is 0.619. The summed E-state index contributed by atoms with van der Waals surface area (Å²) in [4.78, 5) is 5.46. The van der Waals surface area contributed by atoms with Crippen LogP contribution in [-0.2, 0) is 13.1 Å². The van der Waals surface area contributed by atoms with Crippen LogP contribution in [-0.4, -0.2) is 4.98 Å². The highest BCUT2D eigenvalue weighted by atomic mass is 79.9. The van der Waals surface area contributed by atoms with Crippen LogP contribution < -0.4 is 5.32 Å². The van der Waals surface area contributed by atoms with Crippen molar-refractivity contribution in [2.45, 2.75) is 20.0 Å². The Hall–Kier alpha value is -0.780. The minimum atomic E-state index is -0.213. The van der Waals surface area contributed by atoms with Crippen molar-refractivity contribution >= 4 is 27.3 Å². The van der Waals surface area contributed by atoms with Gasteiger partial charge in [-0.3, -0.25) is 0 Å². The molecule has 2 nitrogen and oxygen atoms in total. The van der Waals surface area contributed by atoms with Crippen LogP contribution in [0.25, 0.3) is 0 Å². The van der Waals surface area contributed by atoms with E-state index in [-0.39, 0.29) is 5.82 Å². The summed E-state index contributed by atoms with van der Waals surface area (Å²) in [6.07, 6.45) is 1.86. The van der Waals surface area contributed by atoms with Gasteiger partial charge in [0.05, 0.1) is 0 Å². The number of thiazole rings is 1. The molecule has 2 rings (SSSR count). The van der Waals surface area contributed by atoms with Crippen LogP contribution in [0.4, 0.5) is 4.39 Å². The Bertz CT molecular complexity index is 513. The number of aryl methyl sites for hydroxylation is 1. The molecule has 0 bridgehead atoms. The maximum atomic E-state index is 13.0. The Morgan fingerprint density at radius 3 is 2.94 bits per heavy atom. The lowest BCUT2D eigenvalue weighted by Crippen LogP contribution is -2.12. The highest BCUT2D eigenvalue weighted by Crippen LogP contribution is 2.18. The number of rotatable bonds is 4. The number of aromatic nitrogens is 1. The fraction of sp³-hybridized carbons (Fsp3) is 0.250. The molecular weight excluding hydrogens is 303 g/mol. The minimum absolute atomic E-state index is 0.213. The van der Waals surface area contributed by atoms with Crippen molar-refractivity contribution < 1.29 is 4.39 Å². The van der Waals surface area contributed by atoms with Gasteiger partial charge in [0.1, 0.15) is 10.8 Å². The molecule has 0 saturated heterocycles. The number of halogens is 2. The second kappa shape index (κ2) is 5.71. The predicted molar refractivity (Wildman–Crippen MR) is 71.5 cm³/mol. The van der Waals surface area contributed by atoms with Gasteiger partial charge < -0.3 is 5.32 Å². The molecule has 0 aliphatic rings. The molecule has 17 heavy (non-hydrogen) atoms. The van der Waals surface area contributed by atoms with Crippen LogP contribution in [0.5, 0.6) is 0 Å². The molecule has 1 aromatic heterocycles. The zero-order valence-electron chi connectivity index (χ0n) is 9.34. The van der Waals surface area contributed by atoms with Crippen molar-refractivity contribution in [3.8, 4) is 0 Å². The minimum Gasteiger partial charge on any atom is -0.306 e. The van der Waals surface area contributed by atoms with Crippen LogP contribution in [0.1, 0.15) is 15.4 Å². The first-order valence-electron chi connectivity index (χ1n) is 5.21. The summed E-state index contributed by atoms with van der Waals surface area (Å²) in [6, 6.07) is 4.70. The second-order valence-corrected chi connectivity index (χ2v) is 5.88. The van der Waals surface area contributed by atoms with E-state index in [1.165, 1.54) is 17.0 Å². The molecule has 0 spiro atoms. The summed E-state index contributed by atoms with van der Waals surface area (Å²) >= 11 is 5.07. The van der Waals surface area contributed by atoms with Crippen LogP contribution in [0.3, 0.4) is 0 Å². The van der Waals surface area contributed by atoms with E-state index in [1.54, 1.807) is 17.4 Å². The number of nitrogens with zero attached hydrogens (tertiary/aromatic N) is 1. The monoisotopic (exact) mass is 314 g/mol. The highest BCUT2D eigenvalue weighted by Gasteiger charge is 2.02. The molecule has 0 aliphatic heterocycles. The molecule has 0 fully saturated rings. The van der Waals surface area contributed by atoms with Gasteiger partial charge in [-0.15, -0.1) is 11.3 Å². The van der Waals surface area contributed by atoms with Crippen molar-refractivity contribution in [1.29, 1.82) is 0 Å². The fourth-order valence-corrected chi connectivity index (χ4v) is 2.61. The van der Waals surface area contributed by atoms with Crippen molar-refractivity contribution in [3.63, 3.8) is 0 Å². The van der Waals surface area contributed by atoms with Crippen molar-refractivity contribution in [2.24, 2.45) is 0 Å². The Morgan fingerprint density at radius 1 is 1.41 bits per heavy atom. The van der Waals surface area contributed by atoms with E-state index < -0.39 is 0 Å². The normalized spacial score (nSPS) is 10.8. The number of hydrogen-bond donors (Lipinski definition) is 1. The van der Waals surface area contributed by atoms with Gasteiger partial charge in [0.25, 0.3) is 0 Å². The lowest BCUT2D eigenvalue weighted by Gasteiger charge is -2.05. The van der Waals surface area contributed by atoms with Crippen molar-refractivity contribution in [1.82, 2.24) is 10.3 Å². The summed E-state index contributed by atoms with van der Waals surface area (Å²) in [5.41, 5.74) is 0.915. The first-order chi connectivity index (χ1) is 8.15. The van der Waals surface area contributed by atoms with E-state index in [1.807, 2.05) is 13.1 Å². The second-order valence-electron chi connectivity index (χ2n) is 3.70. The third kappa shape index (κ3) is 3.59. The van der Waals surface area contributed by atoms with Gasteiger partial charge in [-0.2, -0.15) is 0 Å². The molecule has 90 valence electrons. The van der Waals surface area contributed by atoms with Crippen molar-refractivity contribution in [2.75, 3.05) is 0 Å². The van der Waals surface area contributed by atoms with Crippen LogP contribution in [0.2, 0.25) is 0 Å². The highest BCUT2D eigenvalue weighted by molar-refractivity contribution is 9.10. The maximum absolute atomic E-state index is 13.0. The van der Waals surface area contributed by atoms with Gasteiger partial charge in [0, 0.05) is 28.6 Å². The molecular formula is C12H12BrFN2S. The summed E-state index contributed by atoms with van der Waals surface area (Å²) in [7, 11) is 0. The molecule has 1 heterocycles. The molecule has 2 aromatic rings. The average molecular weight is 315 g/mol. The lowest BCUT2D eigenvalue weighted by atomic mass is 10.2. The molecule has 1 N–H and O–H groups in total. The van der Waals surface area contributed by atoms with Crippen LogP contribution in [0, 0.1) is 12.7 Å². The molecule has 0 unspecified atom stereocenters. The standard InChI is InChI=1S/C12H12BrFN2S/c1-8-5-16-12(17-8)7-15-6-9-4-10(14)2-3-11(9)13/h2-5,15H,6-7H2,1H3. The van der Waals surface area contributed by atoms with E-state index in [0.29, 0.717) is 13.1 Å². The Labute approximate surface area is 112 Å². The quantitative estimate of drug-likeness (QED) is 0.932.